The second kappa shape index (κ2) is 7.87. The van der Waals surface area contributed by atoms with E-state index >= 15 is 0 Å². The van der Waals surface area contributed by atoms with Crippen LogP contribution in [0.3, 0.4) is 0 Å². The summed E-state index contributed by atoms with van der Waals surface area (Å²) in [4.78, 5) is 25.7. The number of nitrogens with one attached hydrogen (secondary N) is 1. The summed E-state index contributed by atoms with van der Waals surface area (Å²) >= 11 is 0. The van der Waals surface area contributed by atoms with Gasteiger partial charge in [-0.3, -0.25) is 19.8 Å². The first kappa shape index (κ1) is 17.1. The van der Waals surface area contributed by atoms with Gasteiger partial charge in [0.1, 0.15) is 11.7 Å². The minimum Gasteiger partial charge on any atom is -0.379 e. The fraction of sp³-hybridized carbons (Fsp3) is 0.278. The van der Waals surface area contributed by atoms with Crippen molar-refractivity contribution < 1.29 is 14.5 Å². The van der Waals surface area contributed by atoms with Crippen LogP contribution < -0.4 is 5.32 Å². The zero-order valence-electron chi connectivity index (χ0n) is 13.6. The van der Waals surface area contributed by atoms with Crippen molar-refractivity contribution in [3.05, 3.63) is 70.3 Å². The summed E-state index contributed by atoms with van der Waals surface area (Å²) in [5.74, 6) is -0.289. The van der Waals surface area contributed by atoms with Crippen molar-refractivity contribution >= 4 is 17.3 Å². The van der Waals surface area contributed by atoms with Crippen molar-refractivity contribution in [2.75, 3.05) is 31.6 Å². The summed E-state index contributed by atoms with van der Waals surface area (Å²) < 4.78 is 5.37. The van der Waals surface area contributed by atoms with Crippen molar-refractivity contribution in [1.82, 2.24) is 4.90 Å². The Labute approximate surface area is 145 Å². The molecule has 25 heavy (non-hydrogen) atoms. The molecule has 2 aromatic carbocycles. The van der Waals surface area contributed by atoms with Gasteiger partial charge in [0.25, 0.3) is 5.69 Å². The van der Waals surface area contributed by atoms with Crippen molar-refractivity contribution in [2.24, 2.45) is 0 Å². The highest BCUT2D eigenvalue weighted by atomic mass is 16.6. The van der Waals surface area contributed by atoms with Crippen molar-refractivity contribution in [2.45, 2.75) is 6.04 Å². The fourth-order valence-corrected chi connectivity index (χ4v) is 2.94. The largest absolute Gasteiger partial charge is 0.379 e. The molecule has 0 radical (unpaired) electrons. The third kappa shape index (κ3) is 4.01. The van der Waals surface area contributed by atoms with E-state index in [-0.39, 0.29) is 17.3 Å². The predicted molar refractivity (Wildman–Crippen MR) is 93.3 cm³/mol. The quantitative estimate of drug-likeness (QED) is 0.667. The lowest BCUT2D eigenvalue weighted by atomic mass is 10.0. The number of ether oxygens (including phenoxy) is 1. The first-order valence-electron chi connectivity index (χ1n) is 8.08. The minimum absolute atomic E-state index is 0.121. The Morgan fingerprint density at radius 1 is 1.08 bits per heavy atom. The molecule has 1 N–H and O–H groups in total. The monoisotopic (exact) mass is 341 g/mol. The van der Waals surface area contributed by atoms with Gasteiger partial charge in [-0.05, 0) is 11.6 Å². The molecule has 7 heteroatoms. The fourth-order valence-electron chi connectivity index (χ4n) is 2.94. The lowest BCUT2D eigenvalue weighted by Crippen LogP contribution is -2.43. The molecule has 1 aliphatic rings. The van der Waals surface area contributed by atoms with Gasteiger partial charge in [-0.2, -0.15) is 0 Å². The molecule has 1 heterocycles. The normalized spacial score (nSPS) is 16.2. The molecule has 0 bridgehead atoms. The van der Waals surface area contributed by atoms with Gasteiger partial charge in [0, 0.05) is 19.2 Å². The van der Waals surface area contributed by atoms with Crippen LogP contribution in [0.25, 0.3) is 0 Å². The zero-order valence-corrected chi connectivity index (χ0v) is 13.6. The molecule has 1 atom stereocenters. The maximum atomic E-state index is 13.0. The van der Waals surface area contributed by atoms with E-state index in [9.17, 15) is 14.9 Å². The number of nitrogens with zero attached hydrogens (tertiary/aromatic N) is 2. The molecular formula is C18H19N3O4. The highest BCUT2D eigenvalue weighted by Gasteiger charge is 2.30. The van der Waals surface area contributed by atoms with Crippen LogP contribution in [-0.4, -0.2) is 42.0 Å². The first-order chi connectivity index (χ1) is 12.2. The summed E-state index contributed by atoms with van der Waals surface area (Å²) in [6.45, 7) is 2.37. The molecule has 7 nitrogen and oxygen atoms in total. The number of anilines is 1. The Bertz CT molecular complexity index is 745. The highest BCUT2D eigenvalue weighted by molar-refractivity contribution is 5.97. The van der Waals surface area contributed by atoms with Gasteiger partial charge in [0.2, 0.25) is 5.91 Å². The number of carbonyl (C=O) groups is 1. The molecule has 0 saturated carbocycles. The van der Waals surface area contributed by atoms with Gasteiger partial charge < -0.3 is 10.1 Å². The van der Waals surface area contributed by atoms with E-state index in [0.29, 0.717) is 26.3 Å². The molecule has 0 aliphatic carbocycles. The summed E-state index contributed by atoms with van der Waals surface area (Å²) in [7, 11) is 0. The number of nitro benzene ring substituents is 1. The number of hydrogen-bond acceptors (Lipinski definition) is 5. The number of nitro groups is 1. The van der Waals surface area contributed by atoms with Crippen molar-refractivity contribution in [3.8, 4) is 0 Å². The number of carbonyl (C=O) groups excluding carboxylic acids is 1. The number of amides is 1. The summed E-state index contributed by atoms with van der Waals surface area (Å²) in [5.41, 5.74) is 0.928. The van der Waals surface area contributed by atoms with E-state index in [1.54, 1.807) is 12.1 Å². The highest BCUT2D eigenvalue weighted by Crippen LogP contribution is 2.27. The van der Waals surface area contributed by atoms with Gasteiger partial charge in [0.05, 0.1) is 18.1 Å². The topological polar surface area (TPSA) is 84.7 Å². The van der Waals surface area contributed by atoms with Gasteiger partial charge in [-0.15, -0.1) is 0 Å². The van der Waals surface area contributed by atoms with E-state index in [4.69, 9.17) is 4.74 Å². The number of morpholine rings is 1. The summed E-state index contributed by atoms with van der Waals surface area (Å²) in [6.07, 6.45) is 0. The average Bonchev–Trinajstić information content (AvgIpc) is 2.64. The minimum atomic E-state index is -0.523. The molecular weight excluding hydrogens is 322 g/mol. The van der Waals surface area contributed by atoms with Crippen LogP contribution in [0.4, 0.5) is 11.4 Å². The third-order valence-corrected chi connectivity index (χ3v) is 4.13. The molecule has 1 amide bonds. The van der Waals surface area contributed by atoms with Crippen LogP contribution in [0.5, 0.6) is 0 Å². The van der Waals surface area contributed by atoms with E-state index in [1.165, 1.54) is 12.1 Å². The smallest absolute Gasteiger partial charge is 0.292 e. The molecule has 1 saturated heterocycles. The van der Waals surface area contributed by atoms with E-state index in [2.05, 4.69) is 5.32 Å². The van der Waals surface area contributed by atoms with Crippen molar-refractivity contribution in [1.29, 1.82) is 0 Å². The second-order valence-corrected chi connectivity index (χ2v) is 5.73. The van der Waals surface area contributed by atoms with Crippen LogP contribution in [0, 0.1) is 10.1 Å². The molecule has 1 unspecified atom stereocenters. The summed E-state index contributed by atoms with van der Waals surface area (Å²) in [6, 6.07) is 15.0. The maximum Gasteiger partial charge on any atom is 0.292 e. The first-order valence-corrected chi connectivity index (χ1v) is 8.08. The maximum absolute atomic E-state index is 13.0. The number of para-hydroxylation sites is 2. The Kier molecular flexibility index (Phi) is 5.37. The zero-order chi connectivity index (χ0) is 17.6. The van der Waals surface area contributed by atoms with Gasteiger partial charge in [0.15, 0.2) is 0 Å². The average molecular weight is 341 g/mol. The number of benzene rings is 2. The van der Waals surface area contributed by atoms with Crippen LogP contribution >= 0.6 is 0 Å². The Balaban J connectivity index is 1.88. The van der Waals surface area contributed by atoms with Crippen LogP contribution in [0.2, 0.25) is 0 Å². The van der Waals surface area contributed by atoms with E-state index < -0.39 is 11.0 Å². The molecule has 0 spiro atoms. The van der Waals surface area contributed by atoms with Gasteiger partial charge >= 0.3 is 0 Å². The Morgan fingerprint density at radius 3 is 2.40 bits per heavy atom. The summed E-state index contributed by atoms with van der Waals surface area (Å²) in [5, 5.41) is 13.9. The van der Waals surface area contributed by atoms with Gasteiger partial charge in [-0.1, -0.05) is 42.5 Å². The van der Waals surface area contributed by atoms with Crippen LogP contribution in [0.15, 0.2) is 54.6 Å². The standard InChI is InChI=1S/C18H19N3O4/c22-18(19-15-8-4-5-9-16(15)21(23)24)17(14-6-2-1-3-7-14)20-10-12-25-13-11-20/h1-9,17H,10-13H2,(H,19,22). The molecule has 1 aliphatic heterocycles. The third-order valence-electron chi connectivity index (χ3n) is 4.13. The second-order valence-electron chi connectivity index (χ2n) is 5.73. The predicted octanol–water partition coefficient (Wildman–Crippen LogP) is 2.61. The van der Waals surface area contributed by atoms with Gasteiger partial charge in [-0.25, -0.2) is 0 Å². The number of rotatable bonds is 5. The molecule has 2 aromatic rings. The van der Waals surface area contributed by atoms with Crippen molar-refractivity contribution in [3.63, 3.8) is 0 Å². The van der Waals surface area contributed by atoms with Crippen LogP contribution in [0.1, 0.15) is 11.6 Å². The SMILES string of the molecule is O=C(Nc1ccccc1[N+](=O)[O-])C(c1ccccc1)N1CCOCC1. The molecule has 130 valence electrons. The number of hydrogen-bond donors (Lipinski definition) is 1. The lowest BCUT2D eigenvalue weighted by molar-refractivity contribution is -0.383. The lowest BCUT2D eigenvalue weighted by Gasteiger charge is -2.33. The molecule has 1 fully saturated rings. The Hall–Kier alpha value is -2.77. The Morgan fingerprint density at radius 2 is 1.72 bits per heavy atom. The van der Waals surface area contributed by atoms with E-state index in [1.807, 2.05) is 35.2 Å². The van der Waals surface area contributed by atoms with Crippen LogP contribution in [-0.2, 0) is 9.53 Å². The molecule has 0 aromatic heterocycles. The molecule has 3 rings (SSSR count). The van der Waals surface area contributed by atoms with E-state index in [0.717, 1.165) is 5.56 Å².